The number of fused-ring (bicyclic) bond motifs is 1. The zero-order chi connectivity index (χ0) is 24.8. The minimum absolute atomic E-state index is 0.116. The lowest BCUT2D eigenvalue weighted by atomic mass is 10.2. The topological polar surface area (TPSA) is 157 Å². The maximum absolute atomic E-state index is 13.0. The van der Waals surface area contributed by atoms with Gasteiger partial charge in [-0.05, 0) is 31.0 Å². The van der Waals surface area contributed by atoms with E-state index in [0.29, 0.717) is 24.3 Å². The number of amides is 2. The molecule has 0 aliphatic carbocycles. The van der Waals surface area contributed by atoms with E-state index < -0.39 is 29.7 Å². The van der Waals surface area contributed by atoms with Crippen LogP contribution >= 0.6 is 11.8 Å². The average Bonchev–Trinajstić information content (AvgIpc) is 2.81. The van der Waals surface area contributed by atoms with Crippen LogP contribution < -0.4 is 27.2 Å². The second-order valence-electron chi connectivity index (χ2n) is 7.67. The van der Waals surface area contributed by atoms with Crippen LogP contribution in [0.4, 0.5) is 17.2 Å². The lowest BCUT2D eigenvalue weighted by Crippen LogP contribution is -2.43. The number of hydrogen-bond donors (Lipinski definition) is 3. The van der Waals surface area contributed by atoms with Crippen molar-refractivity contribution in [3.05, 3.63) is 44.6 Å². The minimum atomic E-state index is -0.784. The second kappa shape index (κ2) is 11.1. The number of hydrogen-bond acceptors (Lipinski definition) is 8. The van der Waals surface area contributed by atoms with Crippen LogP contribution in [0.3, 0.4) is 0 Å². The molecule has 0 saturated heterocycles. The van der Waals surface area contributed by atoms with Gasteiger partial charge in [0.15, 0.2) is 12.3 Å². The van der Waals surface area contributed by atoms with Crippen molar-refractivity contribution in [3.8, 4) is 0 Å². The maximum Gasteiger partial charge on any atom is 0.338 e. The van der Waals surface area contributed by atoms with Gasteiger partial charge >= 0.3 is 11.7 Å². The highest BCUT2D eigenvalue weighted by Crippen LogP contribution is 2.32. The van der Waals surface area contributed by atoms with Gasteiger partial charge in [0.1, 0.15) is 5.82 Å². The molecule has 2 heterocycles. The Morgan fingerprint density at radius 1 is 1.21 bits per heavy atom. The monoisotopic (exact) mass is 489 g/mol. The number of carbonyl (C=O) groups is 3. The van der Waals surface area contributed by atoms with Crippen LogP contribution in [0.15, 0.2) is 32.7 Å². The van der Waals surface area contributed by atoms with E-state index in [9.17, 15) is 24.0 Å². The molecule has 1 aromatic heterocycles. The van der Waals surface area contributed by atoms with E-state index in [4.69, 9.17) is 10.5 Å². The zero-order valence-corrected chi connectivity index (χ0v) is 19.8. The minimum Gasteiger partial charge on any atom is -0.452 e. The predicted octanol–water partition coefficient (Wildman–Crippen LogP) is 1.56. The molecule has 0 radical (unpaired) electrons. The Morgan fingerprint density at radius 2 is 1.97 bits per heavy atom. The van der Waals surface area contributed by atoms with Crippen molar-refractivity contribution in [3.63, 3.8) is 0 Å². The molecule has 0 fully saturated rings. The van der Waals surface area contributed by atoms with Crippen molar-refractivity contribution in [1.29, 1.82) is 0 Å². The number of nitrogens with one attached hydrogen (secondary N) is 2. The Bertz CT molecular complexity index is 1220. The van der Waals surface area contributed by atoms with E-state index in [1.807, 2.05) is 13.8 Å². The molecule has 0 saturated carbocycles. The molecule has 34 heavy (non-hydrogen) atoms. The van der Waals surface area contributed by atoms with Gasteiger partial charge in [-0.1, -0.05) is 20.3 Å². The first-order chi connectivity index (χ1) is 16.3. The molecule has 11 nitrogen and oxygen atoms in total. The Balaban J connectivity index is 1.81. The van der Waals surface area contributed by atoms with E-state index in [2.05, 4.69) is 10.3 Å². The summed E-state index contributed by atoms with van der Waals surface area (Å²) in [5.41, 5.74) is 5.20. The molecular weight excluding hydrogens is 462 g/mol. The largest absolute Gasteiger partial charge is 0.452 e. The van der Waals surface area contributed by atoms with E-state index >= 15 is 0 Å². The van der Waals surface area contributed by atoms with Crippen molar-refractivity contribution >= 4 is 46.7 Å². The first-order valence-electron chi connectivity index (χ1n) is 10.9. The molecule has 0 spiro atoms. The van der Waals surface area contributed by atoms with Crippen molar-refractivity contribution in [1.82, 2.24) is 9.55 Å². The average molecular weight is 490 g/mol. The van der Waals surface area contributed by atoms with Gasteiger partial charge in [-0.2, -0.15) is 0 Å². The van der Waals surface area contributed by atoms with Gasteiger partial charge in [0.05, 0.1) is 17.0 Å². The molecule has 2 aromatic rings. The van der Waals surface area contributed by atoms with Crippen LogP contribution in [0.5, 0.6) is 0 Å². The summed E-state index contributed by atoms with van der Waals surface area (Å²) in [5.74, 6) is -1.39. The van der Waals surface area contributed by atoms with E-state index in [0.717, 1.165) is 16.2 Å². The number of thioether (sulfide) groups is 1. The number of anilines is 3. The van der Waals surface area contributed by atoms with Crippen molar-refractivity contribution < 1.29 is 19.1 Å². The van der Waals surface area contributed by atoms with Gasteiger partial charge < -0.3 is 20.7 Å². The first-order valence-corrected chi connectivity index (χ1v) is 11.9. The van der Waals surface area contributed by atoms with E-state index in [1.54, 1.807) is 12.1 Å². The number of ether oxygens (including phenoxy) is 1. The number of rotatable bonds is 9. The molecule has 1 aliphatic heterocycles. The van der Waals surface area contributed by atoms with Gasteiger partial charge in [-0.25, -0.2) is 9.59 Å². The Labute approximate surface area is 199 Å². The molecule has 2 amide bonds. The Hall–Kier alpha value is -3.54. The van der Waals surface area contributed by atoms with Gasteiger partial charge in [0.25, 0.3) is 11.5 Å². The zero-order valence-electron chi connectivity index (χ0n) is 19.0. The summed E-state index contributed by atoms with van der Waals surface area (Å²) in [6.45, 7) is 3.56. The number of nitrogens with zero attached hydrogens (tertiary/aromatic N) is 2. The molecule has 4 N–H and O–H groups in total. The first kappa shape index (κ1) is 25.1. The van der Waals surface area contributed by atoms with Crippen LogP contribution in [0.2, 0.25) is 0 Å². The highest BCUT2D eigenvalue weighted by molar-refractivity contribution is 8.00. The van der Waals surface area contributed by atoms with Crippen LogP contribution in [0.25, 0.3) is 0 Å². The van der Waals surface area contributed by atoms with Gasteiger partial charge in [-0.3, -0.25) is 23.9 Å². The number of aromatic nitrogens is 2. The van der Waals surface area contributed by atoms with Crippen molar-refractivity contribution in [2.75, 3.05) is 34.9 Å². The third-order valence-electron chi connectivity index (χ3n) is 5.14. The van der Waals surface area contributed by atoms with Crippen LogP contribution in [-0.4, -0.2) is 46.2 Å². The lowest BCUT2D eigenvalue weighted by molar-refractivity contribution is -0.121. The number of nitrogens with two attached hydrogens (primary N) is 1. The Kier molecular flexibility index (Phi) is 8.16. The lowest BCUT2D eigenvalue weighted by Gasteiger charge is -2.24. The number of aromatic amines is 1. The number of esters is 1. The highest BCUT2D eigenvalue weighted by atomic mass is 32.2. The van der Waals surface area contributed by atoms with Crippen LogP contribution in [0.1, 0.15) is 43.5 Å². The highest BCUT2D eigenvalue weighted by Gasteiger charge is 2.25. The fraction of sp³-hybridized carbons (Fsp3) is 0.409. The summed E-state index contributed by atoms with van der Waals surface area (Å²) in [5, 5.41) is 2.69. The summed E-state index contributed by atoms with van der Waals surface area (Å²) >= 11 is 1.36. The van der Waals surface area contributed by atoms with E-state index in [1.165, 1.54) is 22.4 Å². The number of nitrogen functional groups attached to an aromatic ring is 1. The summed E-state index contributed by atoms with van der Waals surface area (Å²) in [6.07, 6.45) is 1.89. The third-order valence-corrected chi connectivity index (χ3v) is 6.22. The molecule has 1 aromatic carbocycles. The fourth-order valence-electron chi connectivity index (χ4n) is 3.46. The number of benzene rings is 1. The maximum atomic E-state index is 13.0. The predicted molar refractivity (Wildman–Crippen MR) is 129 cm³/mol. The molecule has 12 heteroatoms. The molecule has 182 valence electrons. The third kappa shape index (κ3) is 5.50. The summed E-state index contributed by atoms with van der Waals surface area (Å²) in [4.78, 5) is 66.0. The number of H-pyrrole nitrogens is 1. The summed E-state index contributed by atoms with van der Waals surface area (Å²) in [7, 11) is 0. The molecule has 0 unspecified atom stereocenters. The van der Waals surface area contributed by atoms with E-state index in [-0.39, 0.29) is 36.1 Å². The van der Waals surface area contributed by atoms with Crippen molar-refractivity contribution in [2.24, 2.45) is 0 Å². The molecule has 0 bridgehead atoms. The SMILES string of the molecule is CCCCN(C(=O)COC(=O)c1ccc2c(c1)NC(=O)CS2)c1c(N)n(CCC)c(=O)[nH]c1=O. The molecule has 0 atom stereocenters. The van der Waals surface area contributed by atoms with Gasteiger partial charge in [0, 0.05) is 18.0 Å². The van der Waals surface area contributed by atoms with Crippen LogP contribution in [0, 0.1) is 0 Å². The summed E-state index contributed by atoms with van der Waals surface area (Å²) in [6, 6.07) is 4.74. The van der Waals surface area contributed by atoms with Crippen molar-refractivity contribution in [2.45, 2.75) is 44.6 Å². The molecule has 3 rings (SSSR count). The second-order valence-corrected chi connectivity index (χ2v) is 8.68. The molecule has 1 aliphatic rings. The smallest absolute Gasteiger partial charge is 0.338 e. The van der Waals surface area contributed by atoms with Gasteiger partial charge in [-0.15, -0.1) is 11.8 Å². The van der Waals surface area contributed by atoms with Crippen LogP contribution in [-0.2, 0) is 20.9 Å². The molecular formula is C22H27N5O6S. The quantitative estimate of drug-likeness (QED) is 0.448. The Morgan fingerprint density at radius 3 is 2.68 bits per heavy atom. The number of carbonyl (C=O) groups excluding carboxylic acids is 3. The number of unbranched alkanes of at least 4 members (excludes halogenated alkanes) is 1. The standard InChI is InChI=1S/C22H27N5O6S/c1-3-5-9-26(18-19(23)27(8-4-2)22(32)25-20(18)30)17(29)11-33-21(31)13-6-7-15-14(10-13)24-16(28)12-34-15/h6-7,10H,3-5,8-9,11-12,23H2,1-2H3,(H,24,28)(H,25,30,32). The normalized spacial score (nSPS) is 12.6. The van der Waals surface area contributed by atoms with Gasteiger partial charge in [0.2, 0.25) is 5.91 Å². The fourth-order valence-corrected chi connectivity index (χ4v) is 4.25. The summed E-state index contributed by atoms with van der Waals surface area (Å²) < 4.78 is 6.40.